The zero-order valence-corrected chi connectivity index (χ0v) is 22.3. The molecule has 0 radical (unpaired) electrons. The first-order chi connectivity index (χ1) is 16.3. The largest absolute Gasteiger partial charge is 0.391 e. The van der Waals surface area contributed by atoms with Crippen LogP contribution >= 0.6 is 11.6 Å². The van der Waals surface area contributed by atoms with Gasteiger partial charge in [0.05, 0.1) is 10.5 Å². The number of hydrogen-bond acceptors (Lipinski definition) is 5. The Hall–Kier alpha value is -3.00. The zero-order valence-electron chi connectivity index (χ0n) is 21.5. The van der Waals surface area contributed by atoms with Crippen LogP contribution in [0, 0.1) is 24.0 Å². The van der Waals surface area contributed by atoms with Gasteiger partial charge in [-0.05, 0) is 69.5 Å². The summed E-state index contributed by atoms with van der Waals surface area (Å²) in [5.74, 6) is 0. The molecule has 0 saturated heterocycles. The van der Waals surface area contributed by atoms with Gasteiger partial charge >= 0.3 is 0 Å². The highest BCUT2D eigenvalue weighted by Gasteiger charge is 2.28. The van der Waals surface area contributed by atoms with E-state index in [1.807, 2.05) is 29.7 Å². The molecular weight excluding hydrogens is 468 g/mol. The lowest BCUT2D eigenvalue weighted by molar-refractivity contribution is -0.383. The van der Waals surface area contributed by atoms with Crippen molar-refractivity contribution in [3.05, 3.63) is 74.9 Å². The number of aldehydes is 1. The van der Waals surface area contributed by atoms with Crippen LogP contribution in [0.4, 0.5) is 5.69 Å². The van der Waals surface area contributed by atoms with Crippen molar-refractivity contribution in [1.29, 1.82) is 0 Å². The maximum atomic E-state index is 11.9. The second-order valence-corrected chi connectivity index (χ2v) is 9.42. The highest BCUT2D eigenvalue weighted by molar-refractivity contribution is 6.30. The van der Waals surface area contributed by atoms with E-state index in [-0.39, 0.29) is 17.0 Å². The Labute approximate surface area is 212 Å². The summed E-state index contributed by atoms with van der Waals surface area (Å²) in [4.78, 5) is 22.9. The molecule has 0 amide bonds. The van der Waals surface area contributed by atoms with Crippen LogP contribution in [0.25, 0.3) is 22.0 Å². The number of hydrogen-bond donors (Lipinski definition) is 1. The van der Waals surface area contributed by atoms with E-state index in [0.717, 1.165) is 28.5 Å². The molecule has 190 valence electrons. The van der Waals surface area contributed by atoms with Crippen molar-refractivity contribution in [1.82, 2.24) is 4.57 Å². The van der Waals surface area contributed by atoms with Gasteiger partial charge in [-0.1, -0.05) is 29.8 Å². The van der Waals surface area contributed by atoms with Crippen LogP contribution in [0.3, 0.4) is 0 Å². The van der Waals surface area contributed by atoms with Crippen LogP contribution in [0.1, 0.15) is 37.6 Å². The first kappa shape index (κ1) is 30.0. The molecule has 3 rings (SSSR count). The first-order valence-electron chi connectivity index (χ1n) is 11.0. The van der Waals surface area contributed by atoms with Crippen LogP contribution in [-0.2, 0) is 22.5 Å². The average molecular weight is 503 g/mol. The zero-order chi connectivity index (χ0) is 26.9. The third kappa shape index (κ3) is 8.02. The number of halogens is 1. The minimum atomic E-state index is -0.500. The van der Waals surface area contributed by atoms with Crippen molar-refractivity contribution >= 4 is 34.5 Å². The molecule has 0 aliphatic rings. The molecule has 0 fully saturated rings. The molecule has 0 bridgehead atoms. The number of aliphatic hydroxyl groups is 1. The topological polar surface area (TPSA) is 94.6 Å². The quantitative estimate of drug-likeness (QED) is 0.181. The summed E-state index contributed by atoms with van der Waals surface area (Å²) in [5, 5.41) is 21.8. The smallest absolute Gasteiger partial charge is 0.296 e. The Balaban J connectivity index is 0.000000669. The molecule has 0 saturated carbocycles. The van der Waals surface area contributed by atoms with Gasteiger partial charge in [0.15, 0.2) is 0 Å². The van der Waals surface area contributed by atoms with Gasteiger partial charge in [-0.2, -0.15) is 0 Å². The third-order valence-corrected chi connectivity index (χ3v) is 5.07. The summed E-state index contributed by atoms with van der Waals surface area (Å²) in [6.07, 6.45) is 2.60. The Bertz CT molecular complexity index is 1170. The molecular formula is C27H35ClN2O5. The van der Waals surface area contributed by atoms with Gasteiger partial charge < -0.3 is 19.2 Å². The van der Waals surface area contributed by atoms with Crippen molar-refractivity contribution in [2.75, 3.05) is 14.2 Å². The van der Waals surface area contributed by atoms with Crippen molar-refractivity contribution in [2.45, 2.75) is 53.2 Å². The van der Waals surface area contributed by atoms with Crippen LogP contribution in [-0.4, -0.2) is 40.7 Å². The molecule has 35 heavy (non-hydrogen) atoms. The molecule has 0 aliphatic heterocycles. The lowest BCUT2D eigenvalue weighted by atomic mass is 9.89. The number of nitro groups is 1. The third-order valence-electron chi connectivity index (χ3n) is 4.82. The van der Waals surface area contributed by atoms with E-state index in [1.54, 1.807) is 60.1 Å². The molecule has 0 aliphatic carbocycles. The normalized spacial score (nSPS) is 10.7. The monoisotopic (exact) mass is 502 g/mol. The summed E-state index contributed by atoms with van der Waals surface area (Å²) < 4.78 is 6.14. The second kappa shape index (κ2) is 13.2. The van der Waals surface area contributed by atoms with Gasteiger partial charge in [-0.3, -0.25) is 10.1 Å². The number of carbonyl (C=O) groups is 1. The van der Waals surface area contributed by atoms with Gasteiger partial charge in [0.2, 0.25) is 0 Å². The fourth-order valence-corrected chi connectivity index (χ4v) is 3.79. The number of ether oxygens (including phenoxy) is 1. The summed E-state index contributed by atoms with van der Waals surface area (Å²) >= 11 is 6.03. The number of aryl methyl sites for hydroxylation is 1. The number of rotatable bonds is 6. The van der Waals surface area contributed by atoms with Gasteiger partial charge in [0.1, 0.15) is 11.8 Å². The number of nitro benzene ring substituents is 1. The van der Waals surface area contributed by atoms with Crippen molar-refractivity contribution < 1.29 is 19.6 Å². The maximum Gasteiger partial charge on any atom is 0.296 e. The average Bonchev–Trinajstić information content (AvgIpc) is 3.04. The summed E-state index contributed by atoms with van der Waals surface area (Å²) in [6.45, 7) is 13.1. The Kier molecular flexibility index (Phi) is 11.3. The molecule has 0 unspecified atom stereocenters. The van der Waals surface area contributed by atoms with Crippen LogP contribution in [0.5, 0.6) is 0 Å². The Morgan fingerprint density at radius 1 is 1.20 bits per heavy atom. The molecule has 0 atom stereocenters. The highest BCUT2D eigenvalue weighted by atomic mass is 35.5. The number of aromatic nitrogens is 1. The van der Waals surface area contributed by atoms with Gasteiger partial charge in [0, 0.05) is 48.9 Å². The van der Waals surface area contributed by atoms with E-state index >= 15 is 0 Å². The molecule has 1 N–H and O–H groups in total. The molecule has 1 aromatic heterocycles. The number of allylic oxidation sites excluding steroid dienone is 1. The molecule has 3 aromatic rings. The number of fused-ring (bicyclic) bond motifs is 1. The standard InChI is InChI=1S/C21H19ClN2O3.C4H10O.C2H6O/c1-4-10-23-13(2)12-18-19(15-5-7-16(22)8-6-15)17(9-11-25)14(3)20(21(18)23)24(26)27;1-4(2,3)5;1-3-2/h4-8,11-12H,1,9-10H2,2-3H3;5H,1-3H3;1-2H3. The number of benzene rings is 2. The van der Waals surface area contributed by atoms with Gasteiger partial charge in [-0.25, -0.2) is 0 Å². The molecule has 2 aromatic carbocycles. The molecule has 0 spiro atoms. The summed E-state index contributed by atoms with van der Waals surface area (Å²) in [5.41, 5.74) is 3.86. The van der Waals surface area contributed by atoms with Crippen LogP contribution in [0.15, 0.2) is 43.0 Å². The Morgan fingerprint density at radius 2 is 1.71 bits per heavy atom. The van der Waals surface area contributed by atoms with Crippen LogP contribution < -0.4 is 0 Å². The molecule has 1 heterocycles. The second-order valence-electron chi connectivity index (χ2n) is 8.99. The van der Waals surface area contributed by atoms with Crippen molar-refractivity contribution in [2.24, 2.45) is 0 Å². The van der Waals surface area contributed by atoms with E-state index < -0.39 is 5.60 Å². The predicted molar refractivity (Wildman–Crippen MR) is 143 cm³/mol. The summed E-state index contributed by atoms with van der Waals surface area (Å²) in [6, 6.07) is 9.23. The highest BCUT2D eigenvalue weighted by Crippen LogP contribution is 2.42. The van der Waals surface area contributed by atoms with E-state index in [0.29, 0.717) is 28.2 Å². The van der Waals surface area contributed by atoms with Gasteiger partial charge in [0.25, 0.3) is 5.69 Å². The van der Waals surface area contributed by atoms with E-state index in [9.17, 15) is 14.9 Å². The van der Waals surface area contributed by atoms with E-state index in [1.165, 1.54) is 0 Å². The van der Waals surface area contributed by atoms with E-state index in [4.69, 9.17) is 16.7 Å². The lowest BCUT2D eigenvalue weighted by Crippen LogP contribution is -2.10. The predicted octanol–water partition coefficient (Wildman–Crippen LogP) is 6.45. The van der Waals surface area contributed by atoms with E-state index in [2.05, 4.69) is 11.3 Å². The van der Waals surface area contributed by atoms with Crippen molar-refractivity contribution in [3.63, 3.8) is 0 Å². The number of methoxy groups -OCH3 is 1. The Morgan fingerprint density at radius 3 is 2.14 bits per heavy atom. The fourth-order valence-electron chi connectivity index (χ4n) is 3.67. The number of nitrogens with zero attached hydrogens (tertiary/aromatic N) is 2. The van der Waals surface area contributed by atoms with Gasteiger partial charge in [-0.15, -0.1) is 6.58 Å². The first-order valence-corrected chi connectivity index (χ1v) is 11.4. The molecule has 7 nitrogen and oxygen atoms in total. The van der Waals surface area contributed by atoms with Crippen LogP contribution in [0.2, 0.25) is 5.02 Å². The lowest BCUT2D eigenvalue weighted by Gasteiger charge is -2.15. The number of carbonyl (C=O) groups excluding carboxylic acids is 1. The SMILES string of the molecule is C=CCn1c(C)cc2c(-c3ccc(Cl)cc3)c(CC=O)c(C)c([N+](=O)[O-])c21.CC(C)(C)O.COC. The summed E-state index contributed by atoms with van der Waals surface area (Å²) in [7, 11) is 3.25. The fraction of sp³-hybridized carbons (Fsp3) is 0.370. The minimum Gasteiger partial charge on any atom is -0.391 e. The van der Waals surface area contributed by atoms with Crippen molar-refractivity contribution in [3.8, 4) is 11.1 Å². The minimum absolute atomic E-state index is 0.0366. The molecule has 8 heteroatoms. The maximum absolute atomic E-state index is 11.9.